The van der Waals surface area contributed by atoms with Gasteiger partial charge in [0.1, 0.15) is 0 Å². The second-order valence-electron chi connectivity index (χ2n) is 6.21. The lowest BCUT2D eigenvalue weighted by molar-refractivity contribution is 0.571. The number of benzene rings is 2. The molecule has 2 rings (SSSR count). The maximum Gasteiger partial charge on any atom is 0.207 e. The third-order valence-corrected chi connectivity index (χ3v) is 4.88. The van der Waals surface area contributed by atoms with Crippen molar-refractivity contribution in [1.29, 1.82) is 0 Å². The van der Waals surface area contributed by atoms with Crippen molar-refractivity contribution < 1.29 is 8.42 Å². The lowest BCUT2D eigenvalue weighted by atomic mass is 9.98. The second kappa shape index (κ2) is 6.85. The smallest absolute Gasteiger partial charge is 0.207 e. The molecule has 0 saturated carbocycles. The maximum atomic E-state index is 13.0. The summed E-state index contributed by atoms with van der Waals surface area (Å²) in [7, 11) is -3.61. The molecular weight excluding hydrogens is 304 g/mol. The molecule has 0 amide bonds. The molecule has 23 heavy (non-hydrogen) atoms. The van der Waals surface area contributed by atoms with Gasteiger partial charge in [-0.05, 0) is 38.5 Å². The molecule has 0 aliphatic carbocycles. The lowest BCUT2D eigenvalue weighted by Gasteiger charge is -2.09. The first-order valence-electron chi connectivity index (χ1n) is 7.39. The Morgan fingerprint density at radius 2 is 1.43 bits per heavy atom. The lowest BCUT2D eigenvalue weighted by Crippen LogP contribution is -2.04. The molecule has 0 fully saturated rings. The molecule has 0 N–H and O–H groups in total. The molecule has 0 radical (unpaired) electrons. The zero-order valence-corrected chi connectivity index (χ0v) is 14.4. The van der Waals surface area contributed by atoms with Crippen LogP contribution in [0.3, 0.4) is 0 Å². The molecule has 0 saturated heterocycles. The van der Waals surface area contributed by atoms with Gasteiger partial charge in [-0.3, -0.25) is 0 Å². The van der Waals surface area contributed by atoms with E-state index in [4.69, 9.17) is 0 Å². The van der Waals surface area contributed by atoms with Gasteiger partial charge >= 0.3 is 0 Å². The third kappa shape index (κ3) is 4.58. The van der Waals surface area contributed by atoms with E-state index < -0.39 is 9.84 Å². The molecule has 3 heteroatoms. The minimum absolute atomic E-state index is 0.186. The highest BCUT2D eigenvalue weighted by Crippen LogP contribution is 2.27. The minimum atomic E-state index is -3.61. The van der Waals surface area contributed by atoms with Crippen LogP contribution in [0.15, 0.2) is 71.6 Å². The van der Waals surface area contributed by atoms with E-state index in [9.17, 15) is 8.42 Å². The highest BCUT2D eigenvalue weighted by atomic mass is 32.2. The van der Waals surface area contributed by atoms with Gasteiger partial charge in [-0.15, -0.1) is 0 Å². The van der Waals surface area contributed by atoms with Crippen LogP contribution in [0.5, 0.6) is 0 Å². The predicted octanol–water partition coefficient (Wildman–Crippen LogP) is 4.55. The standard InChI is InChI=1S/C20H20O2S/c1-20(2,3)16-10-15-19(17-11-6-4-7-12-17)23(21,22)18-13-8-5-9-14-18/h4-9,11-15H,1-3H3/b19-15-. The van der Waals surface area contributed by atoms with Gasteiger partial charge in [0.05, 0.1) is 9.80 Å². The zero-order chi connectivity index (χ0) is 16.9. The molecule has 0 aliphatic rings. The monoisotopic (exact) mass is 324 g/mol. The Hall–Kier alpha value is -2.31. The number of sulfone groups is 1. The summed E-state index contributed by atoms with van der Waals surface area (Å²) in [4.78, 5) is 0.494. The van der Waals surface area contributed by atoms with Crippen molar-refractivity contribution in [2.75, 3.05) is 0 Å². The van der Waals surface area contributed by atoms with Crippen molar-refractivity contribution >= 4 is 14.7 Å². The SMILES string of the molecule is CC(C)(C)C#C/C=C(/c1ccccc1)S(=O)(=O)c1ccccc1. The van der Waals surface area contributed by atoms with Gasteiger partial charge in [-0.2, -0.15) is 0 Å². The first kappa shape index (κ1) is 17.1. The highest BCUT2D eigenvalue weighted by Gasteiger charge is 2.21. The molecule has 0 unspecified atom stereocenters. The molecule has 0 aliphatic heterocycles. The summed E-state index contributed by atoms with van der Waals surface area (Å²) in [5.74, 6) is 5.96. The quantitative estimate of drug-likeness (QED) is 0.776. The van der Waals surface area contributed by atoms with Gasteiger partial charge in [0.15, 0.2) is 0 Å². The molecule has 0 heterocycles. The largest absolute Gasteiger partial charge is 0.218 e. The fourth-order valence-corrected chi connectivity index (χ4v) is 3.39. The second-order valence-corrected chi connectivity index (χ2v) is 8.13. The van der Waals surface area contributed by atoms with Crippen LogP contribution >= 0.6 is 0 Å². The Bertz CT molecular complexity index is 845. The number of allylic oxidation sites excluding steroid dienone is 1. The van der Waals surface area contributed by atoms with E-state index in [1.807, 2.05) is 39.0 Å². The van der Waals surface area contributed by atoms with E-state index in [1.165, 1.54) is 6.08 Å². The summed E-state index contributed by atoms with van der Waals surface area (Å²) in [6, 6.07) is 17.5. The van der Waals surface area contributed by atoms with Crippen LogP contribution in [0, 0.1) is 17.3 Å². The summed E-state index contributed by atoms with van der Waals surface area (Å²) in [6.07, 6.45) is 1.50. The van der Waals surface area contributed by atoms with Crippen LogP contribution in [0.4, 0.5) is 0 Å². The highest BCUT2D eigenvalue weighted by molar-refractivity contribution is 8.00. The van der Waals surface area contributed by atoms with E-state index in [0.29, 0.717) is 5.56 Å². The zero-order valence-electron chi connectivity index (χ0n) is 13.6. The normalized spacial score (nSPS) is 12.4. The first-order valence-corrected chi connectivity index (χ1v) is 8.87. The van der Waals surface area contributed by atoms with Crippen molar-refractivity contribution in [2.45, 2.75) is 25.7 Å². The van der Waals surface area contributed by atoms with Gasteiger partial charge in [0.2, 0.25) is 9.84 Å². The minimum Gasteiger partial charge on any atom is -0.218 e. The van der Waals surface area contributed by atoms with Crippen LogP contribution in [-0.2, 0) is 9.84 Å². The average molecular weight is 324 g/mol. The van der Waals surface area contributed by atoms with Crippen LogP contribution in [-0.4, -0.2) is 8.42 Å². The van der Waals surface area contributed by atoms with Crippen LogP contribution in [0.1, 0.15) is 26.3 Å². The summed E-state index contributed by atoms with van der Waals surface area (Å²) >= 11 is 0. The Balaban J connectivity index is 2.59. The van der Waals surface area contributed by atoms with Crippen molar-refractivity contribution in [1.82, 2.24) is 0 Å². The van der Waals surface area contributed by atoms with E-state index in [2.05, 4.69) is 11.8 Å². The van der Waals surface area contributed by atoms with Gasteiger partial charge in [0, 0.05) is 11.5 Å². The number of hydrogen-bond donors (Lipinski definition) is 0. The number of hydrogen-bond acceptors (Lipinski definition) is 2. The summed E-state index contributed by atoms with van der Waals surface area (Å²) in [5.41, 5.74) is 0.453. The molecule has 2 nitrogen and oxygen atoms in total. The predicted molar refractivity (Wildman–Crippen MR) is 95.3 cm³/mol. The van der Waals surface area contributed by atoms with Crippen LogP contribution in [0.25, 0.3) is 4.91 Å². The Morgan fingerprint density at radius 1 is 0.913 bits per heavy atom. The van der Waals surface area contributed by atoms with Crippen molar-refractivity contribution in [3.63, 3.8) is 0 Å². The summed E-state index contributed by atoms with van der Waals surface area (Å²) < 4.78 is 25.9. The van der Waals surface area contributed by atoms with E-state index >= 15 is 0 Å². The van der Waals surface area contributed by atoms with Crippen LogP contribution in [0.2, 0.25) is 0 Å². The molecule has 0 atom stereocenters. The molecule has 0 bridgehead atoms. The van der Waals surface area contributed by atoms with E-state index in [-0.39, 0.29) is 15.2 Å². The molecule has 118 valence electrons. The Kier molecular flexibility index (Phi) is 5.08. The Labute approximate surface area is 138 Å². The van der Waals surface area contributed by atoms with Crippen molar-refractivity contribution in [2.24, 2.45) is 5.41 Å². The molecular formula is C20H20O2S. The first-order chi connectivity index (χ1) is 10.8. The van der Waals surface area contributed by atoms with Crippen LogP contribution < -0.4 is 0 Å². The fraction of sp³-hybridized carbons (Fsp3) is 0.200. The van der Waals surface area contributed by atoms with E-state index in [0.717, 1.165) is 0 Å². The summed E-state index contributed by atoms with van der Waals surface area (Å²) in [5, 5.41) is 0. The summed E-state index contributed by atoms with van der Waals surface area (Å²) in [6.45, 7) is 5.96. The van der Waals surface area contributed by atoms with Gasteiger partial charge in [-0.25, -0.2) is 8.42 Å². The third-order valence-electron chi connectivity index (χ3n) is 3.05. The molecule has 0 aromatic heterocycles. The average Bonchev–Trinajstić information content (AvgIpc) is 2.52. The van der Waals surface area contributed by atoms with Crippen molar-refractivity contribution in [3.8, 4) is 11.8 Å². The van der Waals surface area contributed by atoms with Gasteiger partial charge in [-0.1, -0.05) is 60.4 Å². The van der Waals surface area contributed by atoms with E-state index in [1.54, 1.807) is 42.5 Å². The van der Waals surface area contributed by atoms with Gasteiger partial charge in [0.25, 0.3) is 0 Å². The fourth-order valence-electron chi connectivity index (χ4n) is 1.96. The van der Waals surface area contributed by atoms with Gasteiger partial charge < -0.3 is 0 Å². The topological polar surface area (TPSA) is 34.1 Å². The molecule has 0 spiro atoms. The maximum absolute atomic E-state index is 13.0. The molecule has 2 aromatic rings. The molecule has 2 aromatic carbocycles. The van der Waals surface area contributed by atoms with Crippen molar-refractivity contribution in [3.05, 3.63) is 72.3 Å². The Morgan fingerprint density at radius 3 is 1.96 bits per heavy atom. The number of rotatable bonds is 3.